The Hall–Kier alpha value is -2.84. The van der Waals surface area contributed by atoms with Crippen LogP contribution in [0, 0.1) is 28.9 Å². The largest absolute Gasteiger partial charge is 0.326 e. The average Bonchev–Trinajstić information content (AvgIpc) is 3.49. The second kappa shape index (κ2) is 12.2. The molecule has 1 unspecified atom stereocenters. The Labute approximate surface area is 261 Å². The molecule has 0 heterocycles. The SMILES string of the molecule is N#CCC(=O)Nc1c(F)ccc(NC(=O)c2cc(NC(=O)C3[C@H](c4cc(Cl)c(Cl)c(Cl)c4)C3(Cl)Cl)ccc2Cl)c1F. The van der Waals surface area contributed by atoms with Gasteiger partial charge >= 0.3 is 0 Å². The van der Waals surface area contributed by atoms with Crippen LogP contribution < -0.4 is 16.0 Å². The van der Waals surface area contributed by atoms with E-state index < -0.39 is 63.3 Å². The summed E-state index contributed by atoms with van der Waals surface area (Å²) in [5.74, 6) is -6.44. The molecule has 41 heavy (non-hydrogen) atoms. The molecule has 7 nitrogen and oxygen atoms in total. The first kappa shape index (κ1) is 31.1. The molecule has 0 aromatic heterocycles. The zero-order valence-corrected chi connectivity index (χ0v) is 24.6. The second-order valence-corrected chi connectivity index (χ2v) is 11.8. The summed E-state index contributed by atoms with van der Waals surface area (Å²) in [6, 6.07) is 10.3. The number of nitriles is 1. The predicted molar refractivity (Wildman–Crippen MR) is 155 cm³/mol. The lowest BCUT2D eigenvalue weighted by Gasteiger charge is -2.13. The van der Waals surface area contributed by atoms with Gasteiger partial charge in [-0.05, 0) is 48.0 Å². The Morgan fingerprint density at radius 2 is 1.56 bits per heavy atom. The van der Waals surface area contributed by atoms with Gasteiger partial charge in [-0.3, -0.25) is 14.4 Å². The Kier molecular flexibility index (Phi) is 9.24. The molecule has 0 bridgehead atoms. The zero-order valence-electron chi connectivity index (χ0n) is 20.1. The van der Waals surface area contributed by atoms with Gasteiger partial charge in [0, 0.05) is 11.6 Å². The number of hydrogen-bond acceptors (Lipinski definition) is 4. The molecule has 0 spiro atoms. The van der Waals surface area contributed by atoms with E-state index in [4.69, 9.17) is 74.9 Å². The maximum Gasteiger partial charge on any atom is 0.257 e. The normalized spacial score (nSPS) is 16.9. The number of rotatable bonds is 7. The van der Waals surface area contributed by atoms with E-state index in [1.807, 2.05) is 5.32 Å². The molecular formula is C26H14Cl6F2N4O3. The monoisotopic (exact) mass is 678 g/mol. The van der Waals surface area contributed by atoms with E-state index in [1.165, 1.54) is 30.3 Å². The lowest BCUT2D eigenvalue weighted by Crippen LogP contribution is -2.19. The Morgan fingerprint density at radius 1 is 0.902 bits per heavy atom. The fourth-order valence-corrected chi connectivity index (χ4v) is 5.67. The molecule has 2 atom stereocenters. The molecule has 15 heteroatoms. The van der Waals surface area contributed by atoms with Crippen LogP contribution in [0.15, 0.2) is 42.5 Å². The van der Waals surface area contributed by atoms with Gasteiger partial charge in [0.1, 0.15) is 22.3 Å². The first-order valence-electron chi connectivity index (χ1n) is 11.3. The highest BCUT2D eigenvalue weighted by Crippen LogP contribution is 2.65. The van der Waals surface area contributed by atoms with Gasteiger partial charge in [0.2, 0.25) is 11.8 Å². The van der Waals surface area contributed by atoms with Crippen molar-refractivity contribution in [2.45, 2.75) is 16.7 Å². The first-order chi connectivity index (χ1) is 19.3. The predicted octanol–water partition coefficient (Wildman–Crippen LogP) is 8.21. The summed E-state index contributed by atoms with van der Waals surface area (Å²) >= 11 is 37.1. The van der Waals surface area contributed by atoms with E-state index in [0.29, 0.717) is 5.56 Å². The van der Waals surface area contributed by atoms with Gasteiger partial charge in [-0.15, -0.1) is 23.2 Å². The van der Waals surface area contributed by atoms with Crippen LogP contribution in [0.25, 0.3) is 0 Å². The second-order valence-electron chi connectivity index (χ2n) is 8.73. The standard InChI is InChI=1S/C26H14Cl6F2N4O3/c27-13-2-1-11(36-25(41)20-19(26(20,31)32)10-7-14(28)21(30)15(29)8-10)9-12(13)24(40)37-17-4-3-16(33)23(22(17)34)38-18(39)5-6-35/h1-4,7-9,19-20H,5H2,(H,36,41)(H,37,40)(H,38,39)/t19-,20?/m0/s1. The van der Waals surface area contributed by atoms with Crippen molar-refractivity contribution in [1.29, 1.82) is 5.26 Å². The lowest BCUT2D eigenvalue weighted by atomic mass is 10.1. The number of carbonyl (C=O) groups excluding carboxylic acids is 3. The third kappa shape index (κ3) is 6.49. The van der Waals surface area contributed by atoms with Crippen LogP contribution in [0.4, 0.5) is 25.8 Å². The molecule has 4 rings (SSSR count). The van der Waals surface area contributed by atoms with Crippen molar-refractivity contribution in [3.8, 4) is 6.07 Å². The van der Waals surface area contributed by atoms with Gasteiger partial charge in [0.05, 0.1) is 43.3 Å². The highest BCUT2D eigenvalue weighted by Gasteiger charge is 2.67. The van der Waals surface area contributed by atoms with Crippen LogP contribution in [0.2, 0.25) is 20.1 Å². The zero-order chi connectivity index (χ0) is 30.2. The van der Waals surface area contributed by atoms with Gasteiger partial charge in [0.15, 0.2) is 5.82 Å². The molecule has 1 fully saturated rings. The van der Waals surface area contributed by atoms with Crippen molar-refractivity contribution < 1.29 is 23.2 Å². The van der Waals surface area contributed by atoms with Gasteiger partial charge in [-0.25, -0.2) is 8.78 Å². The molecule has 1 saturated carbocycles. The minimum Gasteiger partial charge on any atom is -0.326 e. The number of nitrogens with one attached hydrogen (secondary N) is 3. The Balaban J connectivity index is 1.52. The fraction of sp³-hybridized carbons (Fsp3) is 0.154. The number of hydrogen-bond donors (Lipinski definition) is 3. The lowest BCUT2D eigenvalue weighted by molar-refractivity contribution is -0.117. The molecule has 3 N–H and O–H groups in total. The van der Waals surface area contributed by atoms with E-state index in [-0.39, 0.29) is 31.3 Å². The van der Waals surface area contributed by atoms with E-state index in [1.54, 1.807) is 6.07 Å². The van der Waals surface area contributed by atoms with E-state index in [9.17, 15) is 23.2 Å². The van der Waals surface area contributed by atoms with Crippen LogP contribution in [0.1, 0.15) is 28.3 Å². The number of nitrogens with zero attached hydrogens (tertiary/aromatic N) is 1. The number of anilines is 3. The summed E-state index contributed by atoms with van der Waals surface area (Å²) in [7, 11) is 0. The fourth-order valence-electron chi connectivity index (χ4n) is 4.03. The molecular weight excluding hydrogens is 667 g/mol. The van der Waals surface area contributed by atoms with Gasteiger partial charge in [-0.1, -0.05) is 46.4 Å². The van der Waals surface area contributed by atoms with Crippen molar-refractivity contribution >= 4 is 104 Å². The summed E-state index contributed by atoms with van der Waals surface area (Å²) in [6.07, 6.45) is -0.638. The number of carbonyl (C=O) groups is 3. The molecule has 1 aliphatic carbocycles. The maximum atomic E-state index is 14.9. The van der Waals surface area contributed by atoms with Crippen molar-refractivity contribution in [3.63, 3.8) is 0 Å². The van der Waals surface area contributed by atoms with Crippen molar-refractivity contribution in [2.75, 3.05) is 16.0 Å². The molecule has 3 aromatic carbocycles. The quantitative estimate of drug-likeness (QED) is 0.173. The maximum absolute atomic E-state index is 14.9. The van der Waals surface area contributed by atoms with Crippen molar-refractivity contribution in [1.82, 2.24) is 0 Å². The van der Waals surface area contributed by atoms with E-state index >= 15 is 0 Å². The number of halogens is 8. The van der Waals surface area contributed by atoms with Crippen molar-refractivity contribution in [2.24, 2.45) is 5.92 Å². The minimum absolute atomic E-state index is 0.0515. The van der Waals surface area contributed by atoms with Gasteiger partial charge < -0.3 is 16.0 Å². The Morgan fingerprint density at radius 3 is 2.20 bits per heavy atom. The summed E-state index contributed by atoms with van der Waals surface area (Å²) in [5.41, 5.74) is -0.868. The number of alkyl halides is 2. The van der Waals surface area contributed by atoms with Crippen LogP contribution in [0.5, 0.6) is 0 Å². The van der Waals surface area contributed by atoms with Gasteiger partial charge in [0.25, 0.3) is 5.91 Å². The number of benzene rings is 3. The van der Waals surface area contributed by atoms with Crippen molar-refractivity contribution in [3.05, 3.63) is 85.3 Å². The van der Waals surface area contributed by atoms with Crippen LogP contribution in [-0.4, -0.2) is 22.1 Å². The van der Waals surface area contributed by atoms with E-state index in [2.05, 4.69) is 10.6 Å². The highest BCUT2D eigenvalue weighted by molar-refractivity contribution is 6.54. The van der Waals surface area contributed by atoms with Crippen LogP contribution in [-0.2, 0) is 9.59 Å². The number of amides is 3. The third-order valence-corrected chi connectivity index (χ3v) is 8.49. The molecule has 1 aliphatic rings. The molecule has 0 radical (unpaired) electrons. The van der Waals surface area contributed by atoms with Gasteiger partial charge in [-0.2, -0.15) is 5.26 Å². The smallest absolute Gasteiger partial charge is 0.257 e. The summed E-state index contributed by atoms with van der Waals surface area (Å²) in [6.45, 7) is 0. The van der Waals surface area contributed by atoms with Crippen LogP contribution in [0.3, 0.4) is 0 Å². The summed E-state index contributed by atoms with van der Waals surface area (Å²) in [5, 5.41) is 15.8. The Bertz CT molecular complexity index is 1620. The van der Waals surface area contributed by atoms with E-state index in [0.717, 1.165) is 12.1 Å². The molecule has 3 amide bonds. The summed E-state index contributed by atoms with van der Waals surface area (Å²) in [4.78, 5) is 37.7. The molecule has 212 valence electrons. The minimum atomic E-state index is -1.49. The molecule has 0 saturated heterocycles. The summed E-state index contributed by atoms with van der Waals surface area (Å²) < 4.78 is 27.5. The highest BCUT2D eigenvalue weighted by atomic mass is 35.5. The average molecular weight is 681 g/mol. The first-order valence-corrected chi connectivity index (χ1v) is 13.6. The van der Waals surface area contributed by atoms with Crippen LogP contribution >= 0.6 is 69.6 Å². The third-order valence-electron chi connectivity index (χ3n) is 6.02. The molecule has 0 aliphatic heterocycles. The molecule has 3 aromatic rings. The topological polar surface area (TPSA) is 111 Å².